The largest absolute Gasteiger partial charge is 0.330 e. The molecule has 0 aliphatic rings. The van der Waals surface area contributed by atoms with Crippen LogP contribution in [0.5, 0.6) is 0 Å². The minimum absolute atomic E-state index is 0.462. The lowest BCUT2D eigenvalue weighted by Gasteiger charge is -2.16. The first-order chi connectivity index (χ1) is 12.7. The third-order valence-corrected chi connectivity index (χ3v) is 6.76. The zero-order valence-electron chi connectivity index (χ0n) is 17.8. The molecule has 0 atom stereocenters. The van der Waals surface area contributed by atoms with Crippen molar-refractivity contribution in [1.29, 1.82) is 0 Å². The summed E-state index contributed by atoms with van der Waals surface area (Å²) < 4.78 is 22.9. The summed E-state index contributed by atoms with van der Waals surface area (Å²) in [5.41, 5.74) is 0. The lowest BCUT2D eigenvalue weighted by molar-refractivity contribution is 0.219. The van der Waals surface area contributed by atoms with Crippen LogP contribution in [0.15, 0.2) is 12.2 Å². The molecule has 0 aromatic rings. The van der Waals surface area contributed by atoms with E-state index in [0.717, 1.165) is 12.8 Å². The molecule has 0 unspecified atom stereocenters. The monoisotopic (exact) mass is 388 g/mol. The van der Waals surface area contributed by atoms with Gasteiger partial charge in [0, 0.05) is 0 Å². The minimum Gasteiger partial charge on any atom is -0.309 e. The predicted molar refractivity (Wildman–Crippen MR) is 115 cm³/mol. The SMILES string of the molecule is CCCCCCCC/C=C/CCCCCCCCP(=O)(OCC)OCC. The topological polar surface area (TPSA) is 35.5 Å². The molecule has 0 saturated heterocycles. The van der Waals surface area contributed by atoms with Crippen molar-refractivity contribution in [1.82, 2.24) is 0 Å². The zero-order chi connectivity index (χ0) is 19.3. The molecular formula is C22H45O3P. The van der Waals surface area contributed by atoms with Crippen LogP contribution in [0.25, 0.3) is 0 Å². The molecule has 0 spiro atoms. The molecule has 0 fully saturated rings. The summed E-state index contributed by atoms with van der Waals surface area (Å²) in [4.78, 5) is 0. The first kappa shape index (κ1) is 25.9. The number of rotatable bonds is 20. The van der Waals surface area contributed by atoms with Gasteiger partial charge in [-0.1, -0.05) is 76.9 Å². The van der Waals surface area contributed by atoms with Gasteiger partial charge in [-0.05, 0) is 46.0 Å². The molecule has 0 aromatic carbocycles. The van der Waals surface area contributed by atoms with E-state index in [1.54, 1.807) is 0 Å². The van der Waals surface area contributed by atoms with E-state index >= 15 is 0 Å². The van der Waals surface area contributed by atoms with Crippen LogP contribution in [-0.4, -0.2) is 19.4 Å². The maximum absolute atomic E-state index is 12.3. The standard InChI is InChI=1S/C22H45O3P/c1-4-7-8-9-10-11-12-13-14-15-16-17-18-19-20-21-22-26(23,24-5-2)25-6-3/h13-14H,4-12,15-22H2,1-3H3/b14-13+. The summed E-state index contributed by atoms with van der Waals surface area (Å²) in [6.07, 6.45) is 23.2. The minimum atomic E-state index is -2.82. The van der Waals surface area contributed by atoms with E-state index in [1.165, 1.54) is 77.0 Å². The molecule has 0 N–H and O–H groups in total. The Morgan fingerprint density at radius 1 is 0.615 bits per heavy atom. The van der Waals surface area contributed by atoms with Crippen molar-refractivity contribution >= 4 is 7.60 Å². The Bertz CT molecular complexity index is 345. The highest BCUT2D eigenvalue weighted by Gasteiger charge is 2.22. The quantitative estimate of drug-likeness (QED) is 0.119. The van der Waals surface area contributed by atoms with Gasteiger partial charge in [0.1, 0.15) is 0 Å². The van der Waals surface area contributed by atoms with Crippen LogP contribution in [0.1, 0.15) is 111 Å². The van der Waals surface area contributed by atoms with Gasteiger partial charge in [-0.15, -0.1) is 0 Å². The van der Waals surface area contributed by atoms with Gasteiger partial charge in [0.2, 0.25) is 0 Å². The second-order valence-electron chi connectivity index (χ2n) is 7.11. The summed E-state index contributed by atoms with van der Waals surface area (Å²) in [6, 6.07) is 0. The molecule has 26 heavy (non-hydrogen) atoms. The average Bonchev–Trinajstić information content (AvgIpc) is 2.62. The van der Waals surface area contributed by atoms with Gasteiger partial charge >= 0.3 is 7.60 Å². The smallest absolute Gasteiger partial charge is 0.309 e. The fourth-order valence-electron chi connectivity index (χ4n) is 3.11. The van der Waals surface area contributed by atoms with Crippen LogP contribution < -0.4 is 0 Å². The molecule has 156 valence electrons. The molecule has 3 nitrogen and oxygen atoms in total. The number of hydrogen-bond donors (Lipinski definition) is 0. The highest BCUT2D eigenvalue weighted by atomic mass is 31.2. The summed E-state index contributed by atoms with van der Waals surface area (Å²) in [7, 11) is -2.82. The third kappa shape index (κ3) is 17.3. The van der Waals surface area contributed by atoms with Crippen LogP contribution in [0.3, 0.4) is 0 Å². The molecule has 0 rings (SSSR count). The lowest BCUT2D eigenvalue weighted by Crippen LogP contribution is -2.00. The molecule has 0 heterocycles. The van der Waals surface area contributed by atoms with E-state index in [9.17, 15) is 4.57 Å². The third-order valence-electron chi connectivity index (χ3n) is 4.60. The Hall–Kier alpha value is -0.110. The van der Waals surface area contributed by atoms with Crippen molar-refractivity contribution in [2.45, 2.75) is 111 Å². The highest BCUT2D eigenvalue weighted by Crippen LogP contribution is 2.48. The van der Waals surface area contributed by atoms with E-state index in [-0.39, 0.29) is 0 Å². The summed E-state index contributed by atoms with van der Waals surface area (Å²) >= 11 is 0. The van der Waals surface area contributed by atoms with E-state index in [0.29, 0.717) is 19.4 Å². The molecule has 0 aliphatic heterocycles. The normalized spacial score (nSPS) is 12.3. The number of allylic oxidation sites excluding steroid dienone is 2. The Morgan fingerprint density at radius 3 is 1.50 bits per heavy atom. The van der Waals surface area contributed by atoms with Crippen molar-refractivity contribution < 1.29 is 13.6 Å². The number of hydrogen-bond acceptors (Lipinski definition) is 3. The molecule has 0 bridgehead atoms. The van der Waals surface area contributed by atoms with Crippen molar-refractivity contribution in [2.75, 3.05) is 19.4 Å². The van der Waals surface area contributed by atoms with Gasteiger partial charge in [-0.3, -0.25) is 4.57 Å². The molecule has 4 heteroatoms. The Morgan fingerprint density at radius 2 is 1.04 bits per heavy atom. The number of unbranched alkanes of at least 4 members (excludes halogenated alkanes) is 12. The van der Waals surface area contributed by atoms with Crippen LogP contribution in [0.2, 0.25) is 0 Å². The molecule has 0 amide bonds. The van der Waals surface area contributed by atoms with E-state index < -0.39 is 7.60 Å². The van der Waals surface area contributed by atoms with Crippen molar-refractivity contribution in [3.63, 3.8) is 0 Å². The summed E-state index contributed by atoms with van der Waals surface area (Å²) in [5, 5.41) is 0. The molecular weight excluding hydrogens is 343 g/mol. The summed E-state index contributed by atoms with van der Waals surface area (Å²) in [6.45, 7) is 6.93. The Labute approximate surface area is 163 Å². The van der Waals surface area contributed by atoms with Crippen LogP contribution >= 0.6 is 7.60 Å². The molecule has 0 aromatic heterocycles. The molecule has 0 radical (unpaired) electrons. The van der Waals surface area contributed by atoms with Gasteiger partial charge in [0.05, 0.1) is 19.4 Å². The van der Waals surface area contributed by atoms with E-state index in [2.05, 4.69) is 19.1 Å². The zero-order valence-corrected chi connectivity index (χ0v) is 18.7. The Kier molecular flexibility index (Phi) is 19.6. The van der Waals surface area contributed by atoms with Gasteiger partial charge in [-0.2, -0.15) is 0 Å². The fourth-order valence-corrected chi connectivity index (χ4v) is 4.84. The fraction of sp³-hybridized carbons (Fsp3) is 0.909. The highest BCUT2D eigenvalue weighted by molar-refractivity contribution is 7.53. The van der Waals surface area contributed by atoms with E-state index in [4.69, 9.17) is 9.05 Å². The maximum Gasteiger partial charge on any atom is 0.330 e. The summed E-state index contributed by atoms with van der Waals surface area (Å²) in [5.74, 6) is 0. The van der Waals surface area contributed by atoms with Crippen LogP contribution in [-0.2, 0) is 13.6 Å². The van der Waals surface area contributed by atoms with Gasteiger partial charge in [0.25, 0.3) is 0 Å². The molecule has 0 aliphatic carbocycles. The van der Waals surface area contributed by atoms with Gasteiger partial charge < -0.3 is 9.05 Å². The second kappa shape index (κ2) is 19.6. The maximum atomic E-state index is 12.3. The van der Waals surface area contributed by atoms with Crippen molar-refractivity contribution in [3.05, 3.63) is 12.2 Å². The molecule has 0 saturated carbocycles. The van der Waals surface area contributed by atoms with Crippen LogP contribution in [0.4, 0.5) is 0 Å². The lowest BCUT2D eigenvalue weighted by atomic mass is 10.1. The van der Waals surface area contributed by atoms with Crippen molar-refractivity contribution in [2.24, 2.45) is 0 Å². The second-order valence-corrected chi connectivity index (χ2v) is 9.29. The van der Waals surface area contributed by atoms with Crippen LogP contribution in [0, 0.1) is 0 Å². The van der Waals surface area contributed by atoms with Crippen molar-refractivity contribution in [3.8, 4) is 0 Å². The average molecular weight is 389 g/mol. The van der Waals surface area contributed by atoms with Gasteiger partial charge in [-0.25, -0.2) is 0 Å². The predicted octanol–water partition coefficient (Wildman–Crippen LogP) is 8.29. The first-order valence-corrected chi connectivity index (χ1v) is 12.9. The van der Waals surface area contributed by atoms with Gasteiger partial charge in [0.15, 0.2) is 0 Å². The van der Waals surface area contributed by atoms with E-state index in [1.807, 2.05) is 13.8 Å². The first-order valence-electron chi connectivity index (χ1n) is 11.2. The Balaban J connectivity index is 3.37.